The van der Waals surface area contributed by atoms with Crippen molar-refractivity contribution in [2.75, 3.05) is 0 Å². The Morgan fingerprint density at radius 2 is 1.35 bits per heavy atom. The van der Waals surface area contributed by atoms with Gasteiger partial charge in [0.05, 0.1) is 34.1 Å². The Labute approximate surface area is 207 Å². The number of hydrogen-bond donors (Lipinski definition) is 0. The third-order valence-corrected chi connectivity index (χ3v) is 11.6. The van der Waals surface area contributed by atoms with Gasteiger partial charge in [-0.3, -0.25) is 14.4 Å². The lowest BCUT2D eigenvalue weighted by Crippen LogP contribution is -2.50. The average molecular weight is 544 g/mol. The SMILES string of the molecule is O=C1[C@@H]2[C@H]3O[C@H]([C@@H]2C(=O)N1OCc1ccccc1)[C@@H]1[C@@H]3[C@]2(Cl)C(Cl)=C(Cl)[C@]1(Cl)C2(Cl)Cl. The summed E-state index contributed by atoms with van der Waals surface area (Å²) in [5, 5.41) is 0.943. The highest BCUT2D eigenvalue weighted by molar-refractivity contribution is 6.65. The molecular formula is C20H13Cl6NO4. The Bertz CT molecular complexity index is 1010. The number of ether oxygens (including phenoxy) is 1. The van der Waals surface area contributed by atoms with E-state index < -0.39 is 61.8 Å². The van der Waals surface area contributed by atoms with Crippen molar-refractivity contribution in [3.8, 4) is 0 Å². The van der Waals surface area contributed by atoms with E-state index in [-0.39, 0.29) is 16.7 Å². The first-order chi connectivity index (χ1) is 14.6. The molecule has 2 aliphatic carbocycles. The number of carbonyl (C=O) groups is 2. The molecule has 0 N–H and O–H groups in total. The molecule has 3 aliphatic heterocycles. The van der Waals surface area contributed by atoms with Gasteiger partial charge in [-0.2, -0.15) is 5.06 Å². The average Bonchev–Trinajstić information content (AvgIpc) is 3.44. The summed E-state index contributed by atoms with van der Waals surface area (Å²) >= 11 is 40.1. The van der Waals surface area contributed by atoms with Gasteiger partial charge in [-0.05, 0) is 5.56 Å². The fourth-order valence-electron chi connectivity index (χ4n) is 6.11. The molecule has 3 saturated heterocycles. The predicted molar refractivity (Wildman–Crippen MR) is 116 cm³/mol. The molecule has 5 nitrogen and oxygen atoms in total. The minimum atomic E-state index is -1.74. The minimum absolute atomic E-state index is 0.0544. The molecule has 4 fully saturated rings. The number of benzene rings is 1. The van der Waals surface area contributed by atoms with Crippen molar-refractivity contribution in [2.24, 2.45) is 23.7 Å². The molecule has 0 unspecified atom stereocenters. The van der Waals surface area contributed by atoms with Crippen LogP contribution in [0.25, 0.3) is 0 Å². The van der Waals surface area contributed by atoms with Crippen molar-refractivity contribution in [1.82, 2.24) is 5.06 Å². The first-order valence-electron chi connectivity index (χ1n) is 9.60. The molecule has 1 aromatic rings. The maximum atomic E-state index is 13.2. The number of imide groups is 1. The number of hydrogen-bond acceptors (Lipinski definition) is 4. The summed E-state index contributed by atoms with van der Waals surface area (Å²) in [6.45, 7) is 0.0748. The molecule has 0 aromatic heterocycles. The second-order valence-corrected chi connectivity index (χ2v) is 11.8. The smallest absolute Gasteiger partial charge is 0.260 e. The summed E-state index contributed by atoms with van der Waals surface area (Å²) < 4.78 is 4.37. The number of carbonyl (C=O) groups excluding carboxylic acids is 2. The van der Waals surface area contributed by atoms with Gasteiger partial charge in [0.15, 0.2) is 4.33 Å². The molecule has 4 bridgehead atoms. The second-order valence-electron chi connectivity index (χ2n) is 8.52. The quantitative estimate of drug-likeness (QED) is 0.414. The number of rotatable bonds is 3. The monoisotopic (exact) mass is 541 g/mol. The van der Waals surface area contributed by atoms with Gasteiger partial charge in [-0.15, -0.1) is 23.2 Å². The number of nitrogens with zero attached hydrogens (tertiary/aromatic N) is 1. The molecule has 0 radical (unpaired) electrons. The fraction of sp³-hybridized carbons (Fsp3) is 0.500. The van der Waals surface area contributed by atoms with Crippen molar-refractivity contribution in [2.45, 2.75) is 32.9 Å². The van der Waals surface area contributed by atoms with Crippen molar-refractivity contribution < 1.29 is 19.2 Å². The normalized spacial score (nSPS) is 46.3. The lowest BCUT2D eigenvalue weighted by molar-refractivity contribution is -0.196. The number of allylic oxidation sites excluding steroid dienone is 2. The molecule has 5 aliphatic rings. The third kappa shape index (κ3) is 2.17. The molecule has 8 atom stereocenters. The minimum Gasteiger partial charge on any atom is -0.373 e. The fourth-order valence-corrected chi connectivity index (χ4v) is 9.17. The summed E-state index contributed by atoms with van der Waals surface area (Å²) in [5.41, 5.74) is 0.825. The van der Waals surface area contributed by atoms with E-state index in [1.165, 1.54) is 0 Å². The molecule has 11 heteroatoms. The summed E-state index contributed by atoms with van der Waals surface area (Å²) in [4.78, 5) is 28.9. The standard InChI is InChI=1S/C20H13Cl6NO4/c21-14-15(22)19(24)11-10(18(14,23)20(19,25)26)12-8-9(13(11)31-12)17(29)27(16(8)28)30-6-7-4-2-1-3-5-7/h1-5,8-13H,6H2/t8-,9+,10-,11-,12+,13+,18-,19-/m0/s1. The molecule has 3 heterocycles. The molecule has 31 heavy (non-hydrogen) atoms. The Hall–Kier alpha value is -0.240. The van der Waals surface area contributed by atoms with Crippen LogP contribution in [-0.4, -0.2) is 43.2 Å². The van der Waals surface area contributed by atoms with Crippen molar-refractivity contribution in [3.63, 3.8) is 0 Å². The topological polar surface area (TPSA) is 55.8 Å². The number of fused-ring (bicyclic) bond motifs is 12. The van der Waals surface area contributed by atoms with Crippen LogP contribution >= 0.6 is 69.6 Å². The van der Waals surface area contributed by atoms with E-state index in [2.05, 4.69) is 0 Å². The van der Waals surface area contributed by atoms with E-state index >= 15 is 0 Å². The van der Waals surface area contributed by atoms with Gasteiger partial charge in [0.1, 0.15) is 16.4 Å². The van der Waals surface area contributed by atoms with Crippen LogP contribution in [0.3, 0.4) is 0 Å². The molecular weight excluding hydrogens is 531 g/mol. The van der Waals surface area contributed by atoms with Crippen molar-refractivity contribution >= 4 is 81.4 Å². The Kier molecular flexibility index (Phi) is 4.43. The highest BCUT2D eigenvalue weighted by Gasteiger charge is 2.90. The van der Waals surface area contributed by atoms with E-state index in [1.54, 1.807) is 0 Å². The third-order valence-electron chi connectivity index (χ3n) is 7.34. The van der Waals surface area contributed by atoms with E-state index in [0.717, 1.165) is 10.6 Å². The van der Waals surface area contributed by atoms with Crippen LogP contribution in [-0.2, 0) is 25.8 Å². The highest BCUT2D eigenvalue weighted by Crippen LogP contribution is 2.81. The van der Waals surface area contributed by atoms with Gasteiger partial charge >= 0.3 is 0 Å². The molecule has 2 amide bonds. The maximum Gasteiger partial charge on any atom is 0.260 e. The van der Waals surface area contributed by atoms with Crippen molar-refractivity contribution in [3.05, 3.63) is 46.0 Å². The van der Waals surface area contributed by atoms with Gasteiger partial charge in [-0.1, -0.05) is 76.7 Å². The maximum absolute atomic E-state index is 13.2. The number of alkyl halides is 4. The second kappa shape index (κ2) is 6.45. The van der Waals surface area contributed by atoms with Crippen molar-refractivity contribution in [1.29, 1.82) is 0 Å². The van der Waals surface area contributed by atoms with Gasteiger partial charge in [0.25, 0.3) is 11.8 Å². The van der Waals surface area contributed by atoms with Gasteiger partial charge in [0, 0.05) is 11.8 Å². The summed E-state index contributed by atoms with van der Waals surface area (Å²) in [6, 6.07) is 9.23. The molecule has 6 rings (SSSR count). The van der Waals surface area contributed by atoms with E-state index in [4.69, 9.17) is 79.2 Å². The number of halogens is 6. The Balaban J connectivity index is 1.35. The number of hydroxylamine groups is 2. The number of amides is 2. The first kappa shape index (κ1) is 21.3. The molecule has 1 saturated carbocycles. The van der Waals surface area contributed by atoms with Crippen LogP contribution in [0.15, 0.2) is 40.4 Å². The Morgan fingerprint density at radius 1 is 0.871 bits per heavy atom. The predicted octanol–water partition coefficient (Wildman–Crippen LogP) is 4.58. The lowest BCUT2D eigenvalue weighted by atomic mass is 9.65. The zero-order valence-corrected chi connectivity index (χ0v) is 19.9. The molecule has 0 spiro atoms. The zero-order valence-electron chi connectivity index (χ0n) is 15.4. The Morgan fingerprint density at radius 3 is 1.84 bits per heavy atom. The summed E-state index contributed by atoms with van der Waals surface area (Å²) in [6.07, 6.45) is -1.48. The highest BCUT2D eigenvalue weighted by atomic mass is 35.5. The molecule has 1 aromatic carbocycles. The van der Waals surface area contributed by atoms with Crippen LogP contribution in [0.1, 0.15) is 5.56 Å². The van der Waals surface area contributed by atoms with Crippen LogP contribution in [0.5, 0.6) is 0 Å². The van der Waals surface area contributed by atoms with E-state index in [0.29, 0.717) is 0 Å². The van der Waals surface area contributed by atoms with Crippen LogP contribution < -0.4 is 0 Å². The van der Waals surface area contributed by atoms with Gasteiger partial charge < -0.3 is 4.74 Å². The van der Waals surface area contributed by atoms with E-state index in [1.807, 2.05) is 30.3 Å². The first-order valence-corrected chi connectivity index (χ1v) is 11.9. The van der Waals surface area contributed by atoms with Gasteiger partial charge in [0.2, 0.25) is 0 Å². The van der Waals surface area contributed by atoms with Gasteiger partial charge in [-0.25, -0.2) is 0 Å². The van der Waals surface area contributed by atoms with Crippen LogP contribution in [0.4, 0.5) is 0 Å². The van der Waals surface area contributed by atoms with Crippen LogP contribution in [0, 0.1) is 23.7 Å². The van der Waals surface area contributed by atoms with Crippen LogP contribution in [0.2, 0.25) is 0 Å². The molecule has 164 valence electrons. The summed E-state index contributed by atoms with van der Waals surface area (Å²) in [5.74, 6) is -3.70. The van der Waals surface area contributed by atoms with E-state index in [9.17, 15) is 9.59 Å². The summed E-state index contributed by atoms with van der Waals surface area (Å²) in [7, 11) is 0. The largest absolute Gasteiger partial charge is 0.373 e. The zero-order chi connectivity index (χ0) is 22.1. The lowest BCUT2D eigenvalue weighted by Gasteiger charge is -2.39.